The van der Waals surface area contributed by atoms with Gasteiger partial charge in [-0.05, 0) is 43.7 Å². The summed E-state index contributed by atoms with van der Waals surface area (Å²) in [5.41, 5.74) is 0.0432. The highest BCUT2D eigenvalue weighted by Crippen LogP contribution is 2.41. The summed E-state index contributed by atoms with van der Waals surface area (Å²) in [6, 6.07) is 15.9. The summed E-state index contributed by atoms with van der Waals surface area (Å²) in [7, 11) is 0. The van der Waals surface area contributed by atoms with Crippen molar-refractivity contribution >= 4 is 11.7 Å². The van der Waals surface area contributed by atoms with Crippen molar-refractivity contribution in [3.8, 4) is 11.5 Å². The second-order valence-corrected chi connectivity index (χ2v) is 9.15. The molecule has 0 bridgehead atoms. The summed E-state index contributed by atoms with van der Waals surface area (Å²) in [4.78, 5) is 27.7. The first-order chi connectivity index (χ1) is 15.1. The van der Waals surface area contributed by atoms with Crippen LogP contribution in [0.25, 0.3) is 0 Å². The summed E-state index contributed by atoms with van der Waals surface area (Å²) < 4.78 is 11.6. The Balaban J connectivity index is 2.00. The van der Waals surface area contributed by atoms with Gasteiger partial charge in [0.1, 0.15) is 11.5 Å². The summed E-state index contributed by atoms with van der Waals surface area (Å²) in [6.45, 7) is 9.70. The number of carbonyl (C=O) groups is 2. The van der Waals surface area contributed by atoms with Crippen molar-refractivity contribution in [2.45, 2.75) is 46.8 Å². The van der Waals surface area contributed by atoms with Gasteiger partial charge >= 0.3 is 0 Å². The Bertz CT molecular complexity index is 1000. The first kappa shape index (κ1) is 23.5. The van der Waals surface area contributed by atoms with Crippen LogP contribution >= 0.6 is 0 Å². The first-order valence-corrected chi connectivity index (χ1v) is 10.8. The maximum Gasteiger partial charge on any atom is 0.290 e. The van der Waals surface area contributed by atoms with E-state index < -0.39 is 23.1 Å². The number of rotatable bonds is 8. The van der Waals surface area contributed by atoms with Gasteiger partial charge in [-0.25, -0.2) is 0 Å². The molecule has 6 heteroatoms. The fourth-order valence-electron chi connectivity index (χ4n) is 3.63. The Kier molecular flexibility index (Phi) is 7.04. The molecular weight excluding hydrogens is 406 g/mol. The van der Waals surface area contributed by atoms with E-state index in [1.807, 2.05) is 62.4 Å². The number of hydrogen-bond acceptors (Lipinski definition) is 5. The predicted octanol–water partition coefficient (Wildman–Crippen LogP) is 5.21. The van der Waals surface area contributed by atoms with Crippen LogP contribution in [-0.4, -0.2) is 41.0 Å². The third-order valence-electron chi connectivity index (χ3n) is 5.17. The number of hydrogen-bond donors (Lipinski definition) is 1. The van der Waals surface area contributed by atoms with Gasteiger partial charge in [-0.2, -0.15) is 0 Å². The third-order valence-corrected chi connectivity index (χ3v) is 5.17. The number of benzene rings is 2. The highest BCUT2D eigenvalue weighted by molar-refractivity contribution is 6.10. The van der Waals surface area contributed by atoms with Crippen LogP contribution in [0.15, 0.2) is 65.9 Å². The minimum atomic E-state index is -0.759. The number of ether oxygens (including phenoxy) is 2. The van der Waals surface area contributed by atoms with E-state index >= 15 is 0 Å². The molecule has 2 aromatic rings. The normalized spacial score (nSPS) is 16.8. The molecule has 1 atom stereocenters. The predicted molar refractivity (Wildman–Crippen MR) is 123 cm³/mol. The van der Waals surface area contributed by atoms with Crippen molar-refractivity contribution in [2.75, 3.05) is 13.2 Å². The zero-order valence-corrected chi connectivity index (χ0v) is 19.3. The standard InChI is InChI=1S/C26H31NO5/c1-17(2)31-15-14-27-22(21(23(28)25(27)30)24(29)26(3,4)5)18-10-9-13-20(16-18)32-19-11-7-6-8-12-19/h6-13,16-17,22,28H,14-15H2,1-5H3. The average molecular weight is 438 g/mol. The van der Waals surface area contributed by atoms with Gasteiger partial charge in [0, 0.05) is 12.0 Å². The maximum absolute atomic E-state index is 13.3. The van der Waals surface area contributed by atoms with Crippen LogP contribution < -0.4 is 4.74 Å². The van der Waals surface area contributed by atoms with E-state index in [1.165, 1.54) is 4.90 Å². The van der Waals surface area contributed by atoms with Gasteiger partial charge in [-0.3, -0.25) is 9.59 Å². The van der Waals surface area contributed by atoms with Crippen molar-refractivity contribution < 1.29 is 24.2 Å². The van der Waals surface area contributed by atoms with E-state index in [2.05, 4.69) is 0 Å². The maximum atomic E-state index is 13.3. The van der Waals surface area contributed by atoms with Crippen LogP contribution in [0.1, 0.15) is 46.2 Å². The van der Waals surface area contributed by atoms with Crippen molar-refractivity contribution in [2.24, 2.45) is 5.41 Å². The van der Waals surface area contributed by atoms with Crippen LogP contribution in [0, 0.1) is 5.41 Å². The number of ketones is 1. The number of Topliss-reactive ketones (excluding diaryl/α,β-unsaturated/α-hetero) is 1. The number of para-hydroxylation sites is 1. The van der Waals surface area contributed by atoms with Crippen molar-refractivity contribution in [3.63, 3.8) is 0 Å². The Morgan fingerprint density at radius 1 is 1.06 bits per heavy atom. The lowest BCUT2D eigenvalue weighted by molar-refractivity contribution is -0.130. The molecule has 1 heterocycles. The molecule has 0 saturated carbocycles. The van der Waals surface area contributed by atoms with Gasteiger partial charge in [0.15, 0.2) is 11.5 Å². The summed E-state index contributed by atoms with van der Waals surface area (Å²) in [5.74, 6) is -0.0691. The minimum absolute atomic E-state index is 0.00555. The fraction of sp³-hybridized carbons (Fsp3) is 0.385. The Labute approximate surface area is 189 Å². The number of aliphatic hydroxyl groups is 1. The molecule has 3 rings (SSSR count). The molecule has 6 nitrogen and oxygen atoms in total. The third kappa shape index (κ3) is 5.19. The van der Waals surface area contributed by atoms with Gasteiger partial charge < -0.3 is 19.5 Å². The summed E-state index contributed by atoms with van der Waals surface area (Å²) in [6.07, 6.45) is 0.00555. The smallest absolute Gasteiger partial charge is 0.290 e. The molecule has 0 aliphatic carbocycles. The SMILES string of the molecule is CC(C)OCCN1C(=O)C(O)=C(C(=O)C(C)(C)C)C1c1cccc(Oc2ccccc2)c1. The van der Waals surface area contributed by atoms with E-state index in [0.29, 0.717) is 23.7 Å². The lowest BCUT2D eigenvalue weighted by Crippen LogP contribution is -2.35. The lowest BCUT2D eigenvalue weighted by atomic mass is 9.82. The molecule has 0 radical (unpaired) electrons. The number of nitrogens with zero attached hydrogens (tertiary/aromatic N) is 1. The van der Waals surface area contributed by atoms with Crippen LogP contribution in [0.3, 0.4) is 0 Å². The Morgan fingerprint density at radius 2 is 1.72 bits per heavy atom. The van der Waals surface area contributed by atoms with Crippen molar-refractivity contribution in [1.82, 2.24) is 4.90 Å². The van der Waals surface area contributed by atoms with E-state index in [0.717, 1.165) is 0 Å². The highest BCUT2D eigenvalue weighted by atomic mass is 16.5. The molecule has 1 aliphatic heterocycles. The molecule has 32 heavy (non-hydrogen) atoms. The second-order valence-electron chi connectivity index (χ2n) is 9.15. The first-order valence-electron chi connectivity index (χ1n) is 10.8. The molecule has 1 aliphatic rings. The number of amides is 1. The van der Waals surface area contributed by atoms with Crippen LogP contribution in [0.5, 0.6) is 11.5 Å². The van der Waals surface area contributed by atoms with Gasteiger partial charge in [-0.1, -0.05) is 51.1 Å². The van der Waals surface area contributed by atoms with Gasteiger partial charge in [-0.15, -0.1) is 0 Å². The molecule has 0 aromatic heterocycles. The zero-order chi connectivity index (χ0) is 23.5. The molecule has 1 amide bonds. The molecular formula is C26H31NO5. The summed E-state index contributed by atoms with van der Waals surface area (Å²) in [5, 5.41) is 10.7. The molecule has 2 aromatic carbocycles. The average Bonchev–Trinajstić information content (AvgIpc) is 2.98. The zero-order valence-electron chi connectivity index (χ0n) is 19.3. The second kappa shape index (κ2) is 9.57. The molecule has 1 N–H and O–H groups in total. The van der Waals surface area contributed by atoms with E-state index in [1.54, 1.807) is 26.8 Å². The molecule has 0 spiro atoms. The Morgan fingerprint density at radius 3 is 2.34 bits per heavy atom. The van der Waals surface area contributed by atoms with Crippen molar-refractivity contribution in [3.05, 3.63) is 71.5 Å². The lowest BCUT2D eigenvalue weighted by Gasteiger charge is -2.29. The Hall–Kier alpha value is -3.12. The minimum Gasteiger partial charge on any atom is -0.503 e. The van der Waals surface area contributed by atoms with Gasteiger partial charge in [0.25, 0.3) is 5.91 Å². The molecule has 1 unspecified atom stereocenters. The molecule has 170 valence electrons. The summed E-state index contributed by atoms with van der Waals surface area (Å²) >= 11 is 0. The van der Waals surface area contributed by atoms with Crippen LogP contribution in [-0.2, 0) is 14.3 Å². The number of carbonyl (C=O) groups excluding carboxylic acids is 2. The van der Waals surface area contributed by atoms with Gasteiger partial charge in [0.2, 0.25) is 0 Å². The topological polar surface area (TPSA) is 76.1 Å². The van der Waals surface area contributed by atoms with E-state index in [4.69, 9.17) is 9.47 Å². The quantitative estimate of drug-likeness (QED) is 0.613. The molecule has 0 fully saturated rings. The van der Waals surface area contributed by atoms with E-state index in [9.17, 15) is 14.7 Å². The van der Waals surface area contributed by atoms with Crippen molar-refractivity contribution in [1.29, 1.82) is 0 Å². The van der Waals surface area contributed by atoms with Gasteiger partial charge in [0.05, 0.1) is 24.3 Å². The van der Waals surface area contributed by atoms with Crippen LogP contribution in [0.4, 0.5) is 0 Å². The number of aliphatic hydroxyl groups excluding tert-OH is 1. The molecule has 0 saturated heterocycles. The monoisotopic (exact) mass is 437 g/mol. The highest BCUT2D eigenvalue weighted by Gasteiger charge is 2.45. The fourth-order valence-corrected chi connectivity index (χ4v) is 3.63. The largest absolute Gasteiger partial charge is 0.503 e. The van der Waals surface area contributed by atoms with Crippen LogP contribution in [0.2, 0.25) is 0 Å². The van der Waals surface area contributed by atoms with E-state index in [-0.39, 0.29) is 24.0 Å².